The third kappa shape index (κ3) is 6.82. The number of aromatic amines is 1. The van der Waals surface area contributed by atoms with Crippen molar-refractivity contribution >= 4 is 16.8 Å². The van der Waals surface area contributed by atoms with Crippen LogP contribution in [-0.4, -0.2) is 71.6 Å². The first-order chi connectivity index (χ1) is 18.1. The third-order valence-electron chi connectivity index (χ3n) is 6.65. The van der Waals surface area contributed by atoms with Gasteiger partial charge >= 0.3 is 0 Å². The number of oxazole rings is 1. The van der Waals surface area contributed by atoms with Crippen LogP contribution in [0.1, 0.15) is 27.5 Å². The number of halogens is 1. The number of carbonyl (C=O) groups excluding carboxylic acids is 1. The molecule has 1 aliphatic heterocycles. The van der Waals surface area contributed by atoms with Crippen molar-refractivity contribution in [3.05, 3.63) is 89.5 Å². The topological polar surface area (TPSA) is 86.6 Å². The first-order valence-electron chi connectivity index (χ1n) is 12.7. The van der Waals surface area contributed by atoms with Crippen LogP contribution < -0.4 is 5.32 Å². The van der Waals surface area contributed by atoms with E-state index in [4.69, 9.17) is 9.15 Å². The molecule has 0 bridgehead atoms. The predicted octanol–water partition coefficient (Wildman–Crippen LogP) is 3.60. The van der Waals surface area contributed by atoms with Gasteiger partial charge in [0.05, 0.1) is 19.8 Å². The summed E-state index contributed by atoms with van der Waals surface area (Å²) in [4.78, 5) is 24.8. The Morgan fingerprint density at radius 3 is 2.76 bits per heavy atom. The highest BCUT2D eigenvalue weighted by Crippen LogP contribution is 2.19. The number of morpholine rings is 1. The molecule has 2 aromatic carbocycles. The molecule has 0 saturated carbocycles. The van der Waals surface area contributed by atoms with Crippen molar-refractivity contribution in [2.75, 3.05) is 45.9 Å². The molecule has 2 N–H and O–H groups in total. The number of amides is 1. The first-order valence-corrected chi connectivity index (χ1v) is 12.7. The zero-order chi connectivity index (χ0) is 25.5. The highest BCUT2D eigenvalue weighted by Gasteiger charge is 2.17. The fourth-order valence-corrected chi connectivity index (χ4v) is 4.60. The van der Waals surface area contributed by atoms with Crippen molar-refractivity contribution < 1.29 is 18.3 Å². The second-order valence-electron chi connectivity index (χ2n) is 9.28. The maximum Gasteiger partial charge on any atom is 0.273 e. The number of benzene rings is 2. The highest BCUT2D eigenvalue weighted by atomic mass is 19.1. The maximum absolute atomic E-state index is 13.4. The van der Waals surface area contributed by atoms with Gasteiger partial charge in [0.15, 0.2) is 5.69 Å². The molecule has 5 rings (SSSR count). The van der Waals surface area contributed by atoms with Crippen molar-refractivity contribution in [2.24, 2.45) is 0 Å². The number of H-pyrrole nitrogens is 1. The van der Waals surface area contributed by atoms with Crippen molar-refractivity contribution in [1.29, 1.82) is 0 Å². The zero-order valence-corrected chi connectivity index (χ0v) is 20.8. The fraction of sp³-hybridized carbons (Fsp3) is 0.357. The summed E-state index contributed by atoms with van der Waals surface area (Å²) in [6.07, 6.45) is 4.28. The minimum absolute atomic E-state index is 0.243. The van der Waals surface area contributed by atoms with E-state index < -0.39 is 0 Å². The molecule has 0 spiro atoms. The molecule has 2 aromatic heterocycles. The molecule has 0 radical (unpaired) electrons. The molecule has 0 aliphatic carbocycles. The summed E-state index contributed by atoms with van der Waals surface area (Å²) in [5.74, 6) is -0.0300. The third-order valence-corrected chi connectivity index (χ3v) is 6.65. The summed E-state index contributed by atoms with van der Waals surface area (Å²) in [5.41, 5.74) is 3.61. The van der Waals surface area contributed by atoms with E-state index in [0.717, 1.165) is 56.9 Å². The molecule has 1 amide bonds. The highest BCUT2D eigenvalue weighted by molar-refractivity contribution is 5.91. The van der Waals surface area contributed by atoms with Gasteiger partial charge in [0, 0.05) is 56.4 Å². The summed E-state index contributed by atoms with van der Waals surface area (Å²) in [6.45, 7) is 6.32. The maximum atomic E-state index is 13.4. The van der Waals surface area contributed by atoms with E-state index in [-0.39, 0.29) is 17.4 Å². The summed E-state index contributed by atoms with van der Waals surface area (Å²) < 4.78 is 24.5. The van der Waals surface area contributed by atoms with E-state index >= 15 is 0 Å². The predicted molar refractivity (Wildman–Crippen MR) is 139 cm³/mol. The molecule has 0 unspecified atom stereocenters. The van der Waals surface area contributed by atoms with Gasteiger partial charge in [-0.25, -0.2) is 9.37 Å². The SMILES string of the molecule is O=C(NCCN1CCOCC1)c1coc(CN(CCc2c[nH]c3ccccc23)Cc2ccc(F)cc2)n1. The standard InChI is InChI=1S/C28H32FN5O3/c29-23-7-5-21(6-8-23)18-34(11-9-22-17-31-25-4-2-1-3-24(22)25)19-27-32-26(20-37-27)28(35)30-10-12-33-13-15-36-16-14-33/h1-8,17,20,31H,9-16,18-19H2,(H,30,35). The molecular formula is C28H32FN5O3. The molecule has 1 saturated heterocycles. The van der Waals surface area contributed by atoms with Crippen molar-refractivity contribution in [3.8, 4) is 0 Å². The molecular weight excluding hydrogens is 473 g/mol. The van der Waals surface area contributed by atoms with Gasteiger partial charge in [0.2, 0.25) is 5.89 Å². The van der Waals surface area contributed by atoms with Gasteiger partial charge in [-0.3, -0.25) is 14.6 Å². The Kier molecular flexibility index (Phi) is 8.25. The van der Waals surface area contributed by atoms with Gasteiger partial charge in [-0.2, -0.15) is 0 Å². The van der Waals surface area contributed by atoms with E-state index in [9.17, 15) is 9.18 Å². The molecule has 8 nitrogen and oxygen atoms in total. The van der Waals surface area contributed by atoms with Gasteiger partial charge in [-0.05, 0) is 35.7 Å². The van der Waals surface area contributed by atoms with Crippen LogP contribution in [0.5, 0.6) is 0 Å². The Balaban J connectivity index is 1.21. The monoisotopic (exact) mass is 505 g/mol. The summed E-state index contributed by atoms with van der Waals surface area (Å²) in [7, 11) is 0. The van der Waals surface area contributed by atoms with Crippen LogP contribution in [0.2, 0.25) is 0 Å². The van der Waals surface area contributed by atoms with Crippen LogP contribution in [-0.2, 0) is 24.2 Å². The number of rotatable bonds is 11. The minimum atomic E-state index is -0.258. The number of hydrogen-bond acceptors (Lipinski definition) is 6. The van der Waals surface area contributed by atoms with Crippen LogP contribution in [0, 0.1) is 5.82 Å². The number of hydrogen-bond donors (Lipinski definition) is 2. The molecule has 4 aromatic rings. The largest absolute Gasteiger partial charge is 0.447 e. The van der Waals surface area contributed by atoms with Crippen LogP contribution in [0.3, 0.4) is 0 Å². The fourth-order valence-electron chi connectivity index (χ4n) is 4.60. The summed E-state index contributed by atoms with van der Waals surface area (Å²) >= 11 is 0. The van der Waals surface area contributed by atoms with E-state index in [1.165, 1.54) is 29.3 Å². The zero-order valence-electron chi connectivity index (χ0n) is 20.8. The van der Waals surface area contributed by atoms with E-state index in [1.807, 2.05) is 18.3 Å². The molecule has 1 aliphatic rings. The molecule has 0 atom stereocenters. The van der Waals surface area contributed by atoms with Gasteiger partial charge in [-0.1, -0.05) is 30.3 Å². The van der Waals surface area contributed by atoms with Crippen molar-refractivity contribution in [3.63, 3.8) is 0 Å². The smallest absolute Gasteiger partial charge is 0.273 e. The Morgan fingerprint density at radius 2 is 1.92 bits per heavy atom. The van der Waals surface area contributed by atoms with Crippen molar-refractivity contribution in [2.45, 2.75) is 19.5 Å². The van der Waals surface area contributed by atoms with Crippen LogP contribution in [0.4, 0.5) is 4.39 Å². The number of carbonyl (C=O) groups is 1. The molecule has 3 heterocycles. The molecule has 194 valence electrons. The van der Waals surface area contributed by atoms with Crippen molar-refractivity contribution in [1.82, 2.24) is 25.1 Å². The van der Waals surface area contributed by atoms with Gasteiger partial charge in [0.1, 0.15) is 12.1 Å². The van der Waals surface area contributed by atoms with Crippen LogP contribution in [0.25, 0.3) is 10.9 Å². The quantitative estimate of drug-likeness (QED) is 0.324. The lowest BCUT2D eigenvalue weighted by Gasteiger charge is -2.26. The molecule has 37 heavy (non-hydrogen) atoms. The minimum Gasteiger partial charge on any atom is -0.447 e. The van der Waals surface area contributed by atoms with Gasteiger partial charge in [0.25, 0.3) is 5.91 Å². The van der Waals surface area contributed by atoms with Gasteiger partial charge < -0.3 is 19.5 Å². The van der Waals surface area contributed by atoms with E-state index in [0.29, 0.717) is 25.5 Å². The molecule has 9 heteroatoms. The second kappa shape index (κ2) is 12.1. The normalized spacial score (nSPS) is 14.4. The van der Waals surface area contributed by atoms with E-state index in [1.54, 1.807) is 12.1 Å². The lowest BCUT2D eigenvalue weighted by Crippen LogP contribution is -2.41. The second-order valence-corrected chi connectivity index (χ2v) is 9.28. The number of aromatic nitrogens is 2. The number of ether oxygens (including phenoxy) is 1. The van der Waals surface area contributed by atoms with Crippen LogP contribution >= 0.6 is 0 Å². The molecule has 1 fully saturated rings. The average Bonchev–Trinajstić information content (AvgIpc) is 3.56. The van der Waals surface area contributed by atoms with E-state index in [2.05, 4.69) is 37.2 Å². The Hall–Kier alpha value is -3.53. The lowest BCUT2D eigenvalue weighted by atomic mass is 10.1. The number of nitrogens with one attached hydrogen (secondary N) is 2. The number of para-hydroxylation sites is 1. The Bertz CT molecular complexity index is 1300. The Labute approximate surface area is 215 Å². The van der Waals surface area contributed by atoms with Gasteiger partial charge in [-0.15, -0.1) is 0 Å². The number of fused-ring (bicyclic) bond motifs is 1. The lowest BCUT2D eigenvalue weighted by molar-refractivity contribution is 0.0383. The number of nitrogens with zero attached hydrogens (tertiary/aromatic N) is 3. The van der Waals surface area contributed by atoms with Crippen LogP contribution in [0.15, 0.2) is 65.4 Å². The average molecular weight is 506 g/mol. The first kappa shape index (κ1) is 25.1. The summed E-state index contributed by atoms with van der Waals surface area (Å²) in [5, 5.41) is 4.13. The summed E-state index contributed by atoms with van der Waals surface area (Å²) in [6, 6.07) is 14.8. The Morgan fingerprint density at radius 1 is 1.11 bits per heavy atom.